The van der Waals surface area contributed by atoms with Crippen molar-refractivity contribution in [3.8, 4) is 33.4 Å². The van der Waals surface area contributed by atoms with Crippen LogP contribution in [0, 0.1) is 0 Å². The Labute approximate surface area is 294 Å². The Balaban J connectivity index is 1.15. The van der Waals surface area contributed by atoms with Crippen LogP contribution < -0.4 is 0 Å². The molecule has 1 heterocycles. The predicted octanol–water partition coefficient (Wildman–Crippen LogP) is 14.4. The maximum atomic E-state index is 6.81. The van der Waals surface area contributed by atoms with Crippen molar-refractivity contribution in [3.05, 3.63) is 182 Å². The van der Waals surface area contributed by atoms with Crippen LogP contribution in [0.15, 0.2) is 186 Å². The largest absolute Gasteiger partial charge is 0.455 e. The maximum absolute atomic E-state index is 6.81. The van der Waals surface area contributed by atoms with Gasteiger partial charge in [-0.25, -0.2) is 0 Å². The molecule has 0 amide bonds. The number of hydrogen-bond acceptors (Lipinski definition) is 1. The molecule has 0 aliphatic carbocycles. The fourth-order valence-electron chi connectivity index (χ4n) is 8.56. The highest BCUT2D eigenvalue weighted by atomic mass is 16.3. The molecule has 0 atom stereocenters. The summed E-state index contributed by atoms with van der Waals surface area (Å²) >= 11 is 0. The lowest BCUT2D eigenvalue weighted by Crippen LogP contribution is -1.91. The highest BCUT2D eigenvalue weighted by molar-refractivity contribution is 6.26. The van der Waals surface area contributed by atoms with Crippen LogP contribution in [-0.2, 0) is 0 Å². The zero-order valence-electron chi connectivity index (χ0n) is 27.7. The lowest BCUT2D eigenvalue weighted by atomic mass is 9.84. The molecule has 0 unspecified atom stereocenters. The number of rotatable bonds is 3. The summed E-state index contributed by atoms with van der Waals surface area (Å²) in [6.45, 7) is 0. The van der Waals surface area contributed by atoms with Crippen molar-refractivity contribution < 1.29 is 4.42 Å². The van der Waals surface area contributed by atoms with E-state index in [1.54, 1.807) is 0 Å². The first kappa shape index (κ1) is 28.2. The molecule has 0 saturated carbocycles. The Hall–Kier alpha value is -6.70. The first-order chi connectivity index (χ1) is 25.3. The van der Waals surface area contributed by atoms with E-state index in [1.807, 2.05) is 0 Å². The Morgan fingerprint density at radius 3 is 1.43 bits per heavy atom. The minimum absolute atomic E-state index is 0.944. The Morgan fingerprint density at radius 1 is 0.275 bits per heavy atom. The number of fused-ring (bicyclic) bond motifs is 10. The van der Waals surface area contributed by atoms with Gasteiger partial charge in [-0.05, 0) is 88.6 Å². The first-order valence-electron chi connectivity index (χ1n) is 17.6. The third-order valence-electron chi connectivity index (χ3n) is 10.8. The molecule has 11 rings (SSSR count). The van der Waals surface area contributed by atoms with Crippen LogP contribution in [0.4, 0.5) is 0 Å². The van der Waals surface area contributed by atoms with Crippen molar-refractivity contribution in [2.45, 2.75) is 0 Å². The van der Waals surface area contributed by atoms with E-state index in [2.05, 4.69) is 182 Å². The molecule has 1 nitrogen and oxygen atoms in total. The maximum Gasteiger partial charge on any atom is 0.143 e. The molecule has 11 aromatic rings. The second-order valence-electron chi connectivity index (χ2n) is 13.6. The van der Waals surface area contributed by atoms with E-state index in [0.717, 1.165) is 32.7 Å². The van der Waals surface area contributed by atoms with Gasteiger partial charge in [0.1, 0.15) is 11.2 Å². The Kier molecular flexibility index (Phi) is 6.02. The van der Waals surface area contributed by atoms with Gasteiger partial charge in [0.25, 0.3) is 0 Å². The van der Waals surface area contributed by atoms with Gasteiger partial charge in [0.2, 0.25) is 0 Å². The normalized spacial score (nSPS) is 11.9. The second kappa shape index (κ2) is 10.9. The summed E-state index contributed by atoms with van der Waals surface area (Å²) < 4.78 is 6.81. The molecule has 0 aliphatic rings. The van der Waals surface area contributed by atoms with E-state index in [0.29, 0.717) is 0 Å². The van der Waals surface area contributed by atoms with Crippen molar-refractivity contribution in [1.82, 2.24) is 0 Å². The molecule has 0 radical (unpaired) electrons. The van der Waals surface area contributed by atoms with Crippen LogP contribution in [0.1, 0.15) is 0 Å². The average molecular weight is 647 g/mol. The van der Waals surface area contributed by atoms with Gasteiger partial charge in [-0.2, -0.15) is 0 Å². The van der Waals surface area contributed by atoms with Crippen molar-refractivity contribution in [2.24, 2.45) is 0 Å². The third kappa shape index (κ3) is 4.16. The molecule has 0 fully saturated rings. The van der Waals surface area contributed by atoms with E-state index in [9.17, 15) is 0 Å². The third-order valence-corrected chi connectivity index (χ3v) is 10.8. The molecular weight excluding hydrogens is 617 g/mol. The van der Waals surface area contributed by atoms with Crippen molar-refractivity contribution in [2.75, 3.05) is 0 Å². The van der Waals surface area contributed by atoms with E-state index < -0.39 is 0 Å². The highest BCUT2D eigenvalue weighted by Gasteiger charge is 2.20. The zero-order chi connectivity index (χ0) is 33.5. The molecule has 0 N–H and O–H groups in total. The molecule has 0 spiro atoms. The molecule has 1 heteroatoms. The highest BCUT2D eigenvalue weighted by Crippen LogP contribution is 2.47. The summed E-state index contributed by atoms with van der Waals surface area (Å²) in [5.41, 5.74) is 9.27. The molecule has 236 valence electrons. The van der Waals surface area contributed by atoms with Gasteiger partial charge in [0.05, 0.1) is 0 Å². The molecular formula is C50H30O. The summed E-state index contributed by atoms with van der Waals surface area (Å²) in [6, 6.07) is 66.2. The summed E-state index contributed by atoms with van der Waals surface area (Å²) in [6.07, 6.45) is 0. The standard InChI is InChI=1S/C50H30O/c1-4-16-36-31(12-1)15-11-23-39(36)47-42-21-9-7-19-40(42)46(41-20-8-10-22-43(41)47)34-26-24-33(25-27-34)45-30-35-14-3-6-18-38(35)50-48(45)44-29-28-32-13-2-5-17-37(32)49(44)51-50/h1-30H. The summed E-state index contributed by atoms with van der Waals surface area (Å²) in [5.74, 6) is 0. The van der Waals surface area contributed by atoms with Crippen LogP contribution in [0.2, 0.25) is 0 Å². The van der Waals surface area contributed by atoms with Gasteiger partial charge in [0, 0.05) is 21.5 Å². The number of benzene rings is 10. The van der Waals surface area contributed by atoms with Crippen LogP contribution in [0.3, 0.4) is 0 Å². The predicted molar refractivity (Wildman–Crippen MR) is 218 cm³/mol. The van der Waals surface area contributed by atoms with Crippen LogP contribution >= 0.6 is 0 Å². The smallest absolute Gasteiger partial charge is 0.143 e. The fraction of sp³-hybridized carbons (Fsp3) is 0. The first-order valence-corrected chi connectivity index (χ1v) is 17.6. The Bertz CT molecular complexity index is 3120. The quantitative estimate of drug-likeness (QED) is 0.174. The monoisotopic (exact) mass is 646 g/mol. The van der Waals surface area contributed by atoms with E-state index in [4.69, 9.17) is 4.42 Å². The van der Waals surface area contributed by atoms with Crippen LogP contribution in [-0.4, -0.2) is 0 Å². The summed E-state index contributed by atoms with van der Waals surface area (Å²) in [7, 11) is 0. The van der Waals surface area contributed by atoms with E-state index >= 15 is 0 Å². The van der Waals surface area contributed by atoms with Crippen LogP contribution in [0.5, 0.6) is 0 Å². The van der Waals surface area contributed by atoms with Crippen LogP contribution in [0.25, 0.3) is 109 Å². The zero-order valence-corrected chi connectivity index (χ0v) is 27.7. The average Bonchev–Trinajstić information content (AvgIpc) is 3.60. The molecule has 51 heavy (non-hydrogen) atoms. The molecule has 0 aliphatic heterocycles. The van der Waals surface area contributed by atoms with Gasteiger partial charge in [-0.3, -0.25) is 0 Å². The Morgan fingerprint density at radius 2 is 0.765 bits per heavy atom. The summed E-state index contributed by atoms with van der Waals surface area (Å²) in [4.78, 5) is 0. The lowest BCUT2D eigenvalue weighted by Gasteiger charge is -2.19. The fourth-order valence-corrected chi connectivity index (χ4v) is 8.56. The lowest BCUT2D eigenvalue weighted by molar-refractivity contribution is 0.676. The van der Waals surface area contributed by atoms with Crippen molar-refractivity contribution >= 4 is 75.8 Å². The van der Waals surface area contributed by atoms with Gasteiger partial charge < -0.3 is 4.42 Å². The van der Waals surface area contributed by atoms with E-state index in [1.165, 1.54) is 76.5 Å². The summed E-state index contributed by atoms with van der Waals surface area (Å²) in [5, 5.41) is 14.5. The number of hydrogen-bond donors (Lipinski definition) is 0. The number of furan rings is 1. The van der Waals surface area contributed by atoms with Gasteiger partial charge >= 0.3 is 0 Å². The van der Waals surface area contributed by atoms with Gasteiger partial charge in [-0.15, -0.1) is 0 Å². The van der Waals surface area contributed by atoms with Gasteiger partial charge in [-0.1, -0.05) is 170 Å². The SMILES string of the molecule is c1ccc2c(-c3c4ccccc4c(-c4ccc(-c5cc6ccccc6c6oc7c8ccccc8ccc7c56)cc4)c4ccccc34)cccc2c1. The van der Waals surface area contributed by atoms with Crippen molar-refractivity contribution in [1.29, 1.82) is 0 Å². The van der Waals surface area contributed by atoms with E-state index in [-0.39, 0.29) is 0 Å². The van der Waals surface area contributed by atoms with Crippen molar-refractivity contribution in [3.63, 3.8) is 0 Å². The molecule has 1 aromatic heterocycles. The minimum atomic E-state index is 0.944. The minimum Gasteiger partial charge on any atom is -0.455 e. The molecule has 0 bridgehead atoms. The molecule has 10 aromatic carbocycles. The molecule has 0 saturated heterocycles. The topological polar surface area (TPSA) is 13.1 Å². The van der Waals surface area contributed by atoms with Gasteiger partial charge in [0.15, 0.2) is 0 Å². The second-order valence-corrected chi connectivity index (χ2v) is 13.6.